The molecule has 3 aromatic carbocycles. The first-order valence-corrected chi connectivity index (χ1v) is 12.7. The number of hydrogen-bond acceptors (Lipinski definition) is 4. The summed E-state index contributed by atoms with van der Waals surface area (Å²) in [4.78, 5) is 26.5. The molecule has 4 rings (SSSR count). The van der Waals surface area contributed by atoms with E-state index in [2.05, 4.69) is 10.0 Å². The van der Waals surface area contributed by atoms with Crippen molar-refractivity contribution >= 4 is 33.2 Å². The average molecular weight is 478 g/mol. The number of hydrogen-bond donors (Lipinski definition) is 2. The molecule has 0 aromatic heterocycles. The van der Waals surface area contributed by atoms with Crippen molar-refractivity contribution in [2.45, 2.75) is 38.1 Å². The lowest BCUT2D eigenvalue weighted by Crippen LogP contribution is -2.29. The van der Waals surface area contributed by atoms with Crippen LogP contribution < -0.4 is 14.9 Å². The van der Waals surface area contributed by atoms with Crippen molar-refractivity contribution < 1.29 is 18.0 Å². The number of amides is 2. The van der Waals surface area contributed by atoms with Gasteiger partial charge in [0.2, 0.25) is 15.9 Å². The molecular formula is C26H27N3O4S. The van der Waals surface area contributed by atoms with Crippen molar-refractivity contribution in [3.63, 3.8) is 0 Å². The minimum Gasteiger partial charge on any atom is -0.326 e. The van der Waals surface area contributed by atoms with E-state index < -0.39 is 10.0 Å². The van der Waals surface area contributed by atoms with Crippen LogP contribution in [0.2, 0.25) is 0 Å². The summed E-state index contributed by atoms with van der Waals surface area (Å²) in [6.45, 7) is 4.35. The molecule has 176 valence electrons. The quantitative estimate of drug-likeness (QED) is 0.537. The van der Waals surface area contributed by atoms with E-state index in [9.17, 15) is 18.0 Å². The Morgan fingerprint density at radius 1 is 1.00 bits per heavy atom. The van der Waals surface area contributed by atoms with E-state index in [1.54, 1.807) is 24.0 Å². The molecule has 8 heteroatoms. The first-order chi connectivity index (χ1) is 16.3. The first-order valence-electron chi connectivity index (χ1n) is 11.2. The molecule has 0 spiro atoms. The normalized spacial score (nSPS) is 12.9. The van der Waals surface area contributed by atoms with Gasteiger partial charge in [-0.25, -0.2) is 13.1 Å². The monoisotopic (exact) mass is 477 g/mol. The molecular weight excluding hydrogens is 450 g/mol. The number of rotatable bonds is 7. The molecule has 7 nitrogen and oxygen atoms in total. The maximum atomic E-state index is 13.1. The van der Waals surface area contributed by atoms with Crippen LogP contribution in [-0.4, -0.2) is 26.8 Å². The fraction of sp³-hybridized carbons (Fsp3) is 0.231. The minimum absolute atomic E-state index is 0.0511. The zero-order valence-corrected chi connectivity index (χ0v) is 20.0. The number of aryl methyl sites for hydroxylation is 1. The summed E-state index contributed by atoms with van der Waals surface area (Å²) in [6.07, 6.45) is 1.11. The van der Waals surface area contributed by atoms with Crippen molar-refractivity contribution in [3.8, 4) is 0 Å². The highest BCUT2D eigenvalue weighted by Gasteiger charge is 2.26. The highest BCUT2D eigenvalue weighted by atomic mass is 32.2. The summed E-state index contributed by atoms with van der Waals surface area (Å²) < 4.78 is 28.1. The van der Waals surface area contributed by atoms with E-state index in [0.29, 0.717) is 24.2 Å². The van der Waals surface area contributed by atoms with E-state index in [1.165, 1.54) is 12.1 Å². The lowest BCUT2D eigenvalue weighted by Gasteiger charge is -2.19. The Morgan fingerprint density at radius 3 is 2.44 bits per heavy atom. The van der Waals surface area contributed by atoms with Crippen LogP contribution in [0.15, 0.2) is 71.6 Å². The second-order valence-electron chi connectivity index (χ2n) is 8.24. The number of benzene rings is 3. The number of sulfonamides is 1. The second kappa shape index (κ2) is 9.79. The molecule has 1 aliphatic rings. The van der Waals surface area contributed by atoms with Gasteiger partial charge in [-0.3, -0.25) is 9.59 Å². The van der Waals surface area contributed by atoms with Gasteiger partial charge in [0.05, 0.1) is 4.90 Å². The molecule has 0 aliphatic carbocycles. The molecule has 0 saturated carbocycles. The van der Waals surface area contributed by atoms with Crippen LogP contribution in [0.5, 0.6) is 0 Å². The fourth-order valence-electron chi connectivity index (χ4n) is 3.93. The summed E-state index contributed by atoms with van der Waals surface area (Å²) in [7, 11) is -3.75. The van der Waals surface area contributed by atoms with Crippen LogP contribution in [0, 0.1) is 6.92 Å². The van der Waals surface area contributed by atoms with Gasteiger partial charge in [-0.15, -0.1) is 0 Å². The number of nitrogens with one attached hydrogen (secondary N) is 2. The van der Waals surface area contributed by atoms with Crippen molar-refractivity contribution in [2.75, 3.05) is 16.8 Å². The third-order valence-corrected chi connectivity index (χ3v) is 7.32. The predicted molar refractivity (Wildman–Crippen MR) is 132 cm³/mol. The van der Waals surface area contributed by atoms with Gasteiger partial charge in [-0.2, -0.15) is 0 Å². The first kappa shape index (κ1) is 23.7. The highest BCUT2D eigenvalue weighted by Crippen LogP contribution is 2.31. The summed E-state index contributed by atoms with van der Waals surface area (Å²) >= 11 is 0. The third-order valence-electron chi connectivity index (χ3n) is 5.90. The second-order valence-corrected chi connectivity index (χ2v) is 10.0. The van der Waals surface area contributed by atoms with E-state index in [-0.39, 0.29) is 23.3 Å². The van der Waals surface area contributed by atoms with Gasteiger partial charge in [0.25, 0.3) is 5.91 Å². The maximum Gasteiger partial charge on any atom is 0.258 e. The summed E-state index contributed by atoms with van der Waals surface area (Å²) in [6, 6.07) is 19.3. The van der Waals surface area contributed by atoms with Gasteiger partial charge >= 0.3 is 0 Å². The molecule has 0 unspecified atom stereocenters. The summed E-state index contributed by atoms with van der Waals surface area (Å²) in [5.74, 6) is -0.190. The Morgan fingerprint density at radius 2 is 1.74 bits per heavy atom. The van der Waals surface area contributed by atoms with Gasteiger partial charge < -0.3 is 10.2 Å². The lowest BCUT2D eigenvalue weighted by atomic mass is 10.1. The van der Waals surface area contributed by atoms with E-state index in [0.717, 1.165) is 28.8 Å². The van der Waals surface area contributed by atoms with Crippen molar-refractivity contribution in [2.24, 2.45) is 0 Å². The zero-order chi connectivity index (χ0) is 24.3. The smallest absolute Gasteiger partial charge is 0.258 e. The molecule has 2 N–H and O–H groups in total. The third kappa shape index (κ3) is 5.03. The standard InChI is InChI=1S/C26H27N3O4S/c1-3-25(30)28-21-10-12-22(13-11-21)34(32,33)27-17-19-8-9-20-14-15-29(24(20)16-19)26(31)23-7-5-4-6-18(23)2/h4-13,16,27H,3,14-15,17H2,1-2H3,(H,28,30). The molecule has 0 bridgehead atoms. The van der Waals surface area contributed by atoms with Crippen LogP contribution in [0.4, 0.5) is 11.4 Å². The predicted octanol–water partition coefficient (Wildman–Crippen LogP) is 4.02. The van der Waals surface area contributed by atoms with Crippen molar-refractivity contribution in [1.82, 2.24) is 4.72 Å². The highest BCUT2D eigenvalue weighted by molar-refractivity contribution is 7.89. The topological polar surface area (TPSA) is 95.6 Å². The van der Waals surface area contributed by atoms with Crippen LogP contribution in [-0.2, 0) is 27.8 Å². The lowest BCUT2D eigenvalue weighted by molar-refractivity contribution is -0.115. The Hall–Kier alpha value is -3.49. The Bertz CT molecular complexity index is 1330. The van der Waals surface area contributed by atoms with Gasteiger partial charge in [0, 0.05) is 36.4 Å². The Kier molecular flexibility index (Phi) is 6.81. The molecule has 0 radical (unpaired) electrons. The van der Waals surface area contributed by atoms with Crippen LogP contribution in [0.3, 0.4) is 0 Å². The van der Waals surface area contributed by atoms with Crippen LogP contribution in [0.1, 0.15) is 40.4 Å². The number of fused-ring (bicyclic) bond motifs is 1. The molecule has 2 amide bonds. The maximum absolute atomic E-state index is 13.1. The Labute approximate surface area is 199 Å². The molecule has 0 saturated heterocycles. The molecule has 0 fully saturated rings. The van der Waals surface area contributed by atoms with Crippen molar-refractivity contribution in [1.29, 1.82) is 0 Å². The zero-order valence-electron chi connectivity index (χ0n) is 19.2. The van der Waals surface area contributed by atoms with Crippen LogP contribution >= 0.6 is 0 Å². The fourth-order valence-corrected chi connectivity index (χ4v) is 4.95. The number of carbonyl (C=O) groups is 2. The summed E-state index contributed by atoms with van der Waals surface area (Å²) in [5, 5.41) is 2.69. The molecule has 34 heavy (non-hydrogen) atoms. The van der Waals surface area contributed by atoms with Gasteiger partial charge in [-0.05, 0) is 66.4 Å². The molecule has 1 aliphatic heterocycles. The van der Waals surface area contributed by atoms with Gasteiger partial charge in [0.15, 0.2) is 0 Å². The summed E-state index contributed by atoms with van der Waals surface area (Å²) in [5.41, 5.74) is 4.78. The van der Waals surface area contributed by atoms with E-state index in [4.69, 9.17) is 0 Å². The minimum atomic E-state index is -3.75. The molecule has 1 heterocycles. The molecule has 0 atom stereocenters. The van der Waals surface area contributed by atoms with Crippen LogP contribution in [0.25, 0.3) is 0 Å². The average Bonchev–Trinajstić information content (AvgIpc) is 3.26. The van der Waals surface area contributed by atoms with Crippen molar-refractivity contribution in [3.05, 3.63) is 89.0 Å². The largest absolute Gasteiger partial charge is 0.326 e. The number of carbonyl (C=O) groups excluding carboxylic acids is 2. The SMILES string of the molecule is CCC(=O)Nc1ccc(S(=O)(=O)NCc2ccc3c(c2)N(C(=O)c2ccccc2C)CC3)cc1. The van der Waals surface area contributed by atoms with Gasteiger partial charge in [0.1, 0.15) is 0 Å². The van der Waals surface area contributed by atoms with E-state index >= 15 is 0 Å². The Balaban J connectivity index is 1.47. The van der Waals surface area contributed by atoms with Gasteiger partial charge in [-0.1, -0.05) is 37.3 Å². The number of anilines is 2. The molecule has 3 aromatic rings. The van der Waals surface area contributed by atoms with E-state index in [1.807, 2.05) is 49.4 Å². The number of nitrogens with zero attached hydrogens (tertiary/aromatic N) is 1.